The Bertz CT molecular complexity index is 580. The third-order valence-corrected chi connectivity index (χ3v) is 3.89. The fraction of sp³-hybridized carbons (Fsp3) is 0.286. The highest BCUT2D eigenvalue weighted by atomic mass is 79.9. The van der Waals surface area contributed by atoms with E-state index in [9.17, 15) is 4.79 Å². The summed E-state index contributed by atoms with van der Waals surface area (Å²) in [5.41, 5.74) is 1.95. The van der Waals surface area contributed by atoms with E-state index >= 15 is 0 Å². The molecule has 0 bridgehead atoms. The first-order valence-corrected chi connectivity index (χ1v) is 7.83. The zero-order chi connectivity index (χ0) is 14.5. The van der Waals surface area contributed by atoms with E-state index in [0.29, 0.717) is 11.6 Å². The van der Waals surface area contributed by atoms with E-state index in [1.165, 1.54) is 11.3 Å². The van der Waals surface area contributed by atoms with Gasteiger partial charge in [-0.3, -0.25) is 4.79 Å². The molecule has 0 fully saturated rings. The van der Waals surface area contributed by atoms with Gasteiger partial charge in [-0.15, -0.1) is 11.3 Å². The second kappa shape index (κ2) is 6.97. The second-order valence-electron chi connectivity index (χ2n) is 4.73. The highest BCUT2D eigenvalue weighted by Gasteiger charge is 2.08. The molecule has 0 spiro atoms. The molecule has 2 rings (SSSR count). The lowest BCUT2D eigenvalue weighted by atomic mass is 10.1. The summed E-state index contributed by atoms with van der Waals surface area (Å²) in [6, 6.07) is 7.73. The van der Waals surface area contributed by atoms with Crippen LogP contribution in [0.2, 0.25) is 0 Å². The van der Waals surface area contributed by atoms with Gasteiger partial charge in [0.2, 0.25) is 5.91 Å². The lowest BCUT2D eigenvalue weighted by molar-refractivity contribution is -0.115. The Balaban J connectivity index is 1.91. The van der Waals surface area contributed by atoms with Crippen LogP contribution in [-0.4, -0.2) is 29.9 Å². The van der Waals surface area contributed by atoms with Crippen molar-refractivity contribution in [3.05, 3.63) is 45.4 Å². The van der Waals surface area contributed by atoms with Gasteiger partial charge in [0.15, 0.2) is 5.13 Å². The average molecular weight is 354 g/mol. The quantitative estimate of drug-likeness (QED) is 0.897. The Hall–Kier alpha value is -1.24. The average Bonchev–Trinajstić information content (AvgIpc) is 2.78. The molecule has 0 saturated heterocycles. The highest BCUT2D eigenvalue weighted by Crippen LogP contribution is 2.17. The van der Waals surface area contributed by atoms with E-state index in [-0.39, 0.29) is 5.91 Å². The highest BCUT2D eigenvalue weighted by molar-refractivity contribution is 9.10. The summed E-state index contributed by atoms with van der Waals surface area (Å²) >= 11 is 4.83. The maximum Gasteiger partial charge on any atom is 0.230 e. The van der Waals surface area contributed by atoms with Gasteiger partial charge in [-0.1, -0.05) is 28.1 Å². The molecule has 0 aliphatic heterocycles. The molecular formula is C14H16BrN3OS. The van der Waals surface area contributed by atoms with Crippen LogP contribution in [0.5, 0.6) is 0 Å². The molecule has 1 N–H and O–H groups in total. The van der Waals surface area contributed by atoms with Crippen molar-refractivity contribution in [1.82, 2.24) is 9.88 Å². The van der Waals surface area contributed by atoms with Gasteiger partial charge in [-0.2, -0.15) is 0 Å². The monoisotopic (exact) mass is 353 g/mol. The third kappa shape index (κ3) is 4.70. The first-order chi connectivity index (χ1) is 9.52. The standard InChI is InChI=1S/C14H16BrN3OS/c1-18(2)8-12-9-20-14(16-12)17-13(19)7-10-3-5-11(15)6-4-10/h3-6,9H,7-8H2,1-2H3,(H,16,17,19). The van der Waals surface area contributed by atoms with Crippen LogP contribution < -0.4 is 5.32 Å². The molecule has 0 atom stereocenters. The van der Waals surface area contributed by atoms with Crippen LogP contribution in [0.3, 0.4) is 0 Å². The van der Waals surface area contributed by atoms with Gasteiger partial charge in [0.25, 0.3) is 0 Å². The Morgan fingerprint density at radius 3 is 2.70 bits per heavy atom. The largest absolute Gasteiger partial charge is 0.304 e. The molecule has 0 radical (unpaired) electrons. The number of carbonyl (C=O) groups is 1. The van der Waals surface area contributed by atoms with Crippen molar-refractivity contribution in [2.75, 3.05) is 19.4 Å². The van der Waals surface area contributed by atoms with E-state index in [1.807, 2.05) is 48.6 Å². The molecule has 20 heavy (non-hydrogen) atoms. The number of carbonyl (C=O) groups excluding carboxylic acids is 1. The number of aromatic nitrogens is 1. The summed E-state index contributed by atoms with van der Waals surface area (Å²) in [7, 11) is 3.98. The van der Waals surface area contributed by atoms with Crippen LogP contribution in [0.15, 0.2) is 34.1 Å². The van der Waals surface area contributed by atoms with E-state index in [0.717, 1.165) is 22.3 Å². The normalized spacial score (nSPS) is 10.8. The first-order valence-electron chi connectivity index (χ1n) is 6.16. The zero-order valence-electron chi connectivity index (χ0n) is 11.4. The minimum absolute atomic E-state index is 0.0434. The topological polar surface area (TPSA) is 45.2 Å². The van der Waals surface area contributed by atoms with Crippen LogP contribution >= 0.6 is 27.3 Å². The molecular weight excluding hydrogens is 338 g/mol. The SMILES string of the molecule is CN(C)Cc1csc(NC(=O)Cc2ccc(Br)cc2)n1. The zero-order valence-corrected chi connectivity index (χ0v) is 13.8. The lowest BCUT2D eigenvalue weighted by Gasteiger charge is -2.05. The summed E-state index contributed by atoms with van der Waals surface area (Å²) < 4.78 is 1.01. The maximum atomic E-state index is 11.9. The fourth-order valence-corrected chi connectivity index (χ4v) is 2.69. The molecule has 0 aliphatic carbocycles. The Morgan fingerprint density at radius 1 is 1.35 bits per heavy atom. The molecule has 1 amide bonds. The van der Waals surface area contributed by atoms with Gasteiger partial charge in [0, 0.05) is 16.4 Å². The second-order valence-corrected chi connectivity index (χ2v) is 6.51. The van der Waals surface area contributed by atoms with Crippen LogP contribution in [0.1, 0.15) is 11.3 Å². The minimum Gasteiger partial charge on any atom is -0.304 e. The number of amides is 1. The van der Waals surface area contributed by atoms with Crippen molar-refractivity contribution in [3.8, 4) is 0 Å². The molecule has 1 heterocycles. The summed E-state index contributed by atoms with van der Waals surface area (Å²) in [5.74, 6) is -0.0434. The van der Waals surface area contributed by atoms with Crippen molar-refractivity contribution < 1.29 is 4.79 Å². The van der Waals surface area contributed by atoms with Crippen molar-refractivity contribution in [2.24, 2.45) is 0 Å². The van der Waals surface area contributed by atoms with Gasteiger partial charge >= 0.3 is 0 Å². The fourth-order valence-electron chi connectivity index (χ4n) is 1.71. The van der Waals surface area contributed by atoms with Crippen molar-refractivity contribution in [3.63, 3.8) is 0 Å². The number of nitrogens with zero attached hydrogens (tertiary/aromatic N) is 2. The molecule has 1 aromatic heterocycles. The number of thiazole rings is 1. The van der Waals surface area contributed by atoms with Gasteiger partial charge < -0.3 is 10.2 Å². The predicted molar refractivity (Wildman–Crippen MR) is 86.0 cm³/mol. The number of hydrogen-bond donors (Lipinski definition) is 1. The molecule has 1 aromatic carbocycles. The molecule has 4 nitrogen and oxygen atoms in total. The van der Waals surface area contributed by atoms with E-state index in [1.54, 1.807) is 0 Å². The number of hydrogen-bond acceptors (Lipinski definition) is 4. The van der Waals surface area contributed by atoms with Crippen LogP contribution in [-0.2, 0) is 17.8 Å². The predicted octanol–water partition coefficient (Wildman–Crippen LogP) is 3.15. The van der Waals surface area contributed by atoms with Crippen LogP contribution in [0, 0.1) is 0 Å². The van der Waals surface area contributed by atoms with Gasteiger partial charge in [-0.05, 0) is 31.8 Å². The van der Waals surface area contributed by atoms with Gasteiger partial charge in [0.1, 0.15) is 0 Å². The third-order valence-electron chi connectivity index (χ3n) is 2.55. The first kappa shape index (κ1) is 15.2. The maximum absolute atomic E-state index is 11.9. The summed E-state index contributed by atoms with van der Waals surface area (Å²) in [4.78, 5) is 18.4. The molecule has 2 aromatic rings. The van der Waals surface area contributed by atoms with E-state index in [2.05, 4.69) is 26.2 Å². The molecule has 6 heteroatoms. The van der Waals surface area contributed by atoms with E-state index < -0.39 is 0 Å². The minimum atomic E-state index is -0.0434. The van der Waals surface area contributed by atoms with E-state index in [4.69, 9.17) is 0 Å². The van der Waals surface area contributed by atoms with Crippen LogP contribution in [0.4, 0.5) is 5.13 Å². The Labute approximate surface area is 131 Å². The summed E-state index contributed by atoms with van der Waals surface area (Å²) in [6.45, 7) is 0.777. The smallest absolute Gasteiger partial charge is 0.230 e. The molecule has 0 saturated carbocycles. The lowest BCUT2D eigenvalue weighted by Crippen LogP contribution is -2.15. The summed E-state index contributed by atoms with van der Waals surface area (Å²) in [5, 5.41) is 5.46. The Kier molecular flexibility index (Phi) is 5.28. The number of rotatable bonds is 5. The van der Waals surface area contributed by atoms with Crippen molar-refractivity contribution >= 4 is 38.3 Å². The number of nitrogens with one attached hydrogen (secondary N) is 1. The van der Waals surface area contributed by atoms with Crippen LogP contribution in [0.25, 0.3) is 0 Å². The molecule has 0 aliphatic rings. The number of benzene rings is 1. The van der Waals surface area contributed by atoms with Crippen molar-refractivity contribution in [2.45, 2.75) is 13.0 Å². The summed E-state index contributed by atoms with van der Waals surface area (Å²) in [6.07, 6.45) is 0.357. The van der Waals surface area contributed by atoms with Gasteiger partial charge in [0.05, 0.1) is 12.1 Å². The van der Waals surface area contributed by atoms with Gasteiger partial charge in [-0.25, -0.2) is 4.98 Å². The molecule has 0 unspecified atom stereocenters. The Morgan fingerprint density at radius 2 is 2.05 bits per heavy atom. The van der Waals surface area contributed by atoms with Crippen molar-refractivity contribution in [1.29, 1.82) is 0 Å². The number of halogens is 1. The molecule has 106 valence electrons. The number of anilines is 1.